The first-order valence-electron chi connectivity index (χ1n) is 4.86. The van der Waals surface area contributed by atoms with E-state index in [9.17, 15) is 4.79 Å². The fraction of sp³-hybridized carbons (Fsp3) is 0.200. The molecule has 5 nitrogen and oxygen atoms in total. The van der Waals surface area contributed by atoms with Crippen molar-refractivity contribution in [2.45, 2.75) is 13.0 Å². The van der Waals surface area contributed by atoms with Crippen molar-refractivity contribution in [2.75, 3.05) is 0 Å². The van der Waals surface area contributed by atoms with Gasteiger partial charge >= 0.3 is 0 Å². The van der Waals surface area contributed by atoms with E-state index in [0.717, 1.165) is 16.9 Å². The van der Waals surface area contributed by atoms with Crippen LogP contribution in [0.1, 0.15) is 28.3 Å². The van der Waals surface area contributed by atoms with E-state index in [1.807, 2.05) is 19.1 Å². The van der Waals surface area contributed by atoms with Gasteiger partial charge in [0.25, 0.3) is 5.91 Å². The SMILES string of the molecule is CC(NC(=O)c1nnc(Cl)s1)c1ccncc1. The fourth-order valence-electron chi connectivity index (χ4n) is 1.29. The Morgan fingerprint density at radius 1 is 1.41 bits per heavy atom. The summed E-state index contributed by atoms with van der Waals surface area (Å²) in [6.45, 7) is 1.88. The zero-order valence-electron chi connectivity index (χ0n) is 8.92. The highest BCUT2D eigenvalue weighted by Gasteiger charge is 2.15. The summed E-state index contributed by atoms with van der Waals surface area (Å²) >= 11 is 6.67. The van der Waals surface area contributed by atoms with Crippen molar-refractivity contribution in [3.63, 3.8) is 0 Å². The molecule has 1 N–H and O–H groups in total. The van der Waals surface area contributed by atoms with Gasteiger partial charge in [0.1, 0.15) is 0 Å². The number of nitrogens with zero attached hydrogens (tertiary/aromatic N) is 3. The molecule has 1 atom stereocenters. The van der Waals surface area contributed by atoms with Crippen LogP contribution in [0, 0.1) is 0 Å². The summed E-state index contributed by atoms with van der Waals surface area (Å²) in [5.74, 6) is -0.279. The van der Waals surface area contributed by atoms with Gasteiger partial charge in [-0.2, -0.15) is 0 Å². The number of halogens is 1. The zero-order chi connectivity index (χ0) is 12.3. The van der Waals surface area contributed by atoms with Crippen LogP contribution in [0.25, 0.3) is 0 Å². The monoisotopic (exact) mass is 268 g/mol. The smallest absolute Gasteiger partial charge is 0.282 e. The maximum atomic E-state index is 11.8. The summed E-state index contributed by atoms with van der Waals surface area (Å²) in [7, 11) is 0. The molecule has 7 heteroatoms. The van der Waals surface area contributed by atoms with Crippen LogP contribution in [0.3, 0.4) is 0 Å². The van der Waals surface area contributed by atoms with Crippen molar-refractivity contribution in [3.8, 4) is 0 Å². The summed E-state index contributed by atoms with van der Waals surface area (Å²) in [5, 5.41) is 10.3. The molecule has 2 rings (SSSR count). The average Bonchev–Trinajstić information content (AvgIpc) is 2.77. The van der Waals surface area contributed by atoms with E-state index in [-0.39, 0.29) is 21.4 Å². The molecule has 1 unspecified atom stereocenters. The van der Waals surface area contributed by atoms with Crippen LogP contribution in [0.2, 0.25) is 4.47 Å². The molecule has 0 aliphatic heterocycles. The third-order valence-electron chi connectivity index (χ3n) is 2.15. The summed E-state index contributed by atoms with van der Waals surface area (Å²) in [4.78, 5) is 15.7. The van der Waals surface area contributed by atoms with E-state index in [1.165, 1.54) is 0 Å². The van der Waals surface area contributed by atoms with Crippen molar-refractivity contribution in [1.29, 1.82) is 0 Å². The second-order valence-corrected chi connectivity index (χ2v) is 4.90. The van der Waals surface area contributed by atoms with Gasteiger partial charge in [-0.15, -0.1) is 10.2 Å². The van der Waals surface area contributed by atoms with Crippen LogP contribution in [0.15, 0.2) is 24.5 Å². The van der Waals surface area contributed by atoms with Crippen LogP contribution in [-0.2, 0) is 0 Å². The molecule has 0 fully saturated rings. The van der Waals surface area contributed by atoms with Crippen LogP contribution in [-0.4, -0.2) is 21.1 Å². The Bertz CT molecular complexity index is 516. The van der Waals surface area contributed by atoms with E-state index in [0.29, 0.717) is 0 Å². The van der Waals surface area contributed by atoms with Crippen molar-refractivity contribution < 1.29 is 4.79 Å². The van der Waals surface area contributed by atoms with Crippen LogP contribution >= 0.6 is 22.9 Å². The van der Waals surface area contributed by atoms with E-state index < -0.39 is 0 Å². The second kappa shape index (κ2) is 5.20. The molecular formula is C10H9ClN4OS. The van der Waals surface area contributed by atoms with E-state index in [1.54, 1.807) is 12.4 Å². The molecule has 88 valence electrons. The lowest BCUT2D eigenvalue weighted by Crippen LogP contribution is -2.26. The topological polar surface area (TPSA) is 67.8 Å². The molecule has 1 amide bonds. The first-order chi connectivity index (χ1) is 8.16. The van der Waals surface area contributed by atoms with E-state index in [4.69, 9.17) is 11.6 Å². The highest BCUT2D eigenvalue weighted by atomic mass is 35.5. The molecule has 2 heterocycles. The number of carbonyl (C=O) groups excluding carboxylic acids is 1. The maximum Gasteiger partial charge on any atom is 0.282 e. The van der Waals surface area contributed by atoms with Gasteiger partial charge in [0.2, 0.25) is 9.47 Å². The number of aromatic nitrogens is 3. The lowest BCUT2D eigenvalue weighted by Gasteiger charge is -2.12. The molecule has 2 aromatic rings. The average molecular weight is 269 g/mol. The molecule has 0 spiro atoms. The minimum absolute atomic E-state index is 0.117. The van der Waals surface area contributed by atoms with Gasteiger partial charge in [-0.1, -0.05) is 11.3 Å². The minimum Gasteiger partial charge on any atom is -0.343 e. The molecule has 0 aromatic carbocycles. The van der Waals surface area contributed by atoms with Crippen LogP contribution in [0.5, 0.6) is 0 Å². The third kappa shape index (κ3) is 2.98. The molecule has 0 bridgehead atoms. The molecule has 0 aliphatic carbocycles. The summed E-state index contributed by atoms with van der Waals surface area (Å²) < 4.78 is 0.256. The van der Waals surface area contributed by atoms with Gasteiger partial charge in [0.15, 0.2) is 0 Å². The van der Waals surface area contributed by atoms with Crippen LogP contribution in [0.4, 0.5) is 0 Å². The lowest BCUT2D eigenvalue weighted by molar-refractivity contribution is 0.0939. The number of pyridine rings is 1. The normalized spacial score (nSPS) is 12.1. The molecule has 0 aliphatic rings. The zero-order valence-corrected chi connectivity index (χ0v) is 10.5. The second-order valence-electron chi connectivity index (χ2n) is 3.34. The van der Waals surface area contributed by atoms with Gasteiger partial charge in [0.05, 0.1) is 6.04 Å². The standard InChI is InChI=1S/C10H9ClN4OS/c1-6(7-2-4-12-5-3-7)13-8(16)9-14-15-10(11)17-9/h2-6H,1H3,(H,13,16). The summed E-state index contributed by atoms with van der Waals surface area (Å²) in [6, 6.07) is 3.57. The summed E-state index contributed by atoms with van der Waals surface area (Å²) in [6.07, 6.45) is 3.36. The number of hydrogen-bond donors (Lipinski definition) is 1. The van der Waals surface area contributed by atoms with Gasteiger partial charge in [0, 0.05) is 12.4 Å². The maximum absolute atomic E-state index is 11.8. The Morgan fingerprint density at radius 3 is 2.71 bits per heavy atom. The quantitative estimate of drug-likeness (QED) is 0.925. The molecule has 0 saturated heterocycles. The largest absolute Gasteiger partial charge is 0.343 e. The Balaban J connectivity index is 2.04. The molecule has 2 aromatic heterocycles. The Labute approximate surface area is 107 Å². The fourth-order valence-corrected chi connectivity index (χ4v) is 2.02. The Morgan fingerprint density at radius 2 is 2.12 bits per heavy atom. The van der Waals surface area contributed by atoms with Crippen molar-refractivity contribution in [1.82, 2.24) is 20.5 Å². The van der Waals surface area contributed by atoms with Gasteiger partial charge < -0.3 is 5.32 Å². The first kappa shape index (κ1) is 11.9. The van der Waals surface area contributed by atoms with E-state index in [2.05, 4.69) is 20.5 Å². The van der Waals surface area contributed by atoms with Crippen molar-refractivity contribution in [3.05, 3.63) is 39.6 Å². The minimum atomic E-state index is -0.279. The highest BCUT2D eigenvalue weighted by Crippen LogP contribution is 2.16. The van der Waals surface area contributed by atoms with Crippen molar-refractivity contribution in [2.24, 2.45) is 0 Å². The molecule has 0 saturated carbocycles. The molecule has 0 radical (unpaired) electrons. The van der Waals surface area contributed by atoms with Crippen molar-refractivity contribution >= 4 is 28.8 Å². The van der Waals surface area contributed by atoms with Gasteiger partial charge in [-0.05, 0) is 36.2 Å². The molecule has 17 heavy (non-hydrogen) atoms. The number of hydrogen-bond acceptors (Lipinski definition) is 5. The summed E-state index contributed by atoms with van der Waals surface area (Å²) in [5.41, 5.74) is 0.976. The van der Waals surface area contributed by atoms with E-state index >= 15 is 0 Å². The highest BCUT2D eigenvalue weighted by molar-refractivity contribution is 7.17. The number of nitrogens with one attached hydrogen (secondary N) is 1. The number of amides is 1. The molecular weight excluding hydrogens is 260 g/mol. The lowest BCUT2D eigenvalue weighted by atomic mass is 10.1. The van der Waals surface area contributed by atoms with Gasteiger partial charge in [-0.3, -0.25) is 9.78 Å². The first-order valence-corrected chi connectivity index (χ1v) is 6.06. The number of carbonyl (C=O) groups is 1. The van der Waals surface area contributed by atoms with Crippen LogP contribution < -0.4 is 5.32 Å². The Hall–Kier alpha value is -1.53. The Kier molecular flexibility index (Phi) is 3.65. The predicted octanol–water partition coefficient (Wildman–Crippen LogP) is 2.08. The van der Waals surface area contributed by atoms with Gasteiger partial charge in [-0.25, -0.2) is 0 Å². The number of rotatable bonds is 3. The third-order valence-corrected chi connectivity index (χ3v) is 3.17. The predicted molar refractivity (Wildman–Crippen MR) is 65.0 cm³/mol.